The molecule has 0 radical (unpaired) electrons. The maximum atomic E-state index is 13.4. The van der Waals surface area contributed by atoms with Crippen LogP contribution in [0.4, 0.5) is 15.8 Å². The van der Waals surface area contributed by atoms with Crippen molar-refractivity contribution in [3.05, 3.63) is 24.0 Å². The van der Waals surface area contributed by atoms with Crippen molar-refractivity contribution < 1.29 is 4.39 Å². The molecule has 88 valence electrons. The van der Waals surface area contributed by atoms with E-state index in [0.717, 1.165) is 18.0 Å². The van der Waals surface area contributed by atoms with Crippen molar-refractivity contribution in [1.82, 2.24) is 0 Å². The van der Waals surface area contributed by atoms with Crippen LogP contribution in [0.5, 0.6) is 0 Å². The van der Waals surface area contributed by atoms with E-state index in [9.17, 15) is 4.39 Å². The van der Waals surface area contributed by atoms with E-state index < -0.39 is 0 Å². The molecule has 0 aromatic heterocycles. The van der Waals surface area contributed by atoms with E-state index in [2.05, 4.69) is 18.7 Å². The van der Waals surface area contributed by atoms with Crippen molar-refractivity contribution in [2.24, 2.45) is 0 Å². The molecule has 1 saturated heterocycles. The largest absolute Gasteiger partial charge is 0.395 e. The van der Waals surface area contributed by atoms with Crippen molar-refractivity contribution in [3.8, 4) is 0 Å². The van der Waals surface area contributed by atoms with Gasteiger partial charge in [0.15, 0.2) is 0 Å². The summed E-state index contributed by atoms with van der Waals surface area (Å²) in [5, 5.41) is 0.552. The molecule has 0 aliphatic carbocycles. The van der Waals surface area contributed by atoms with Crippen molar-refractivity contribution in [2.75, 3.05) is 22.9 Å². The Balaban J connectivity index is 2.32. The fourth-order valence-electron chi connectivity index (χ4n) is 2.05. The van der Waals surface area contributed by atoms with Gasteiger partial charge in [-0.2, -0.15) is 11.8 Å². The molecule has 1 aromatic rings. The Morgan fingerprint density at radius 3 is 2.94 bits per heavy atom. The number of rotatable bonds is 1. The molecule has 2 rings (SSSR count). The minimum Gasteiger partial charge on any atom is -0.395 e. The number of halogens is 1. The fourth-order valence-corrected chi connectivity index (χ4v) is 3.15. The summed E-state index contributed by atoms with van der Waals surface area (Å²) in [7, 11) is 0. The van der Waals surface area contributed by atoms with Gasteiger partial charge in [-0.15, -0.1) is 0 Å². The van der Waals surface area contributed by atoms with E-state index >= 15 is 0 Å². The third kappa shape index (κ3) is 1.98. The number of nitrogens with two attached hydrogens (primary N) is 1. The molecule has 0 spiro atoms. The zero-order valence-electron chi connectivity index (χ0n) is 9.61. The third-order valence-electron chi connectivity index (χ3n) is 3.22. The second-order valence-corrected chi connectivity index (χ2v) is 5.67. The molecule has 1 heterocycles. The predicted octanol–water partition coefficient (Wildman–Crippen LogP) is 2.74. The first kappa shape index (κ1) is 11.6. The van der Waals surface area contributed by atoms with Gasteiger partial charge in [-0.25, -0.2) is 4.39 Å². The molecule has 2 atom stereocenters. The second-order valence-electron chi connectivity index (χ2n) is 4.18. The van der Waals surface area contributed by atoms with Gasteiger partial charge in [0.05, 0.1) is 11.4 Å². The number of hydrogen-bond donors (Lipinski definition) is 1. The van der Waals surface area contributed by atoms with Crippen molar-refractivity contribution >= 4 is 23.1 Å². The lowest BCUT2D eigenvalue weighted by Gasteiger charge is -2.39. The first-order chi connectivity index (χ1) is 7.61. The third-order valence-corrected chi connectivity index (χ3v) is 4.56. The molecule has 1 aliphatic heterocycles. The number of nitrogens with zero attached hydrogens (tertiary/aromatic N) is 1. The van der Waals surface area contributed by atoms with Crippen LogP contribution < -0.4 is 10.6 Å². The molecular formula is C12H17FN2S. The van der Waals surface area contributed by atoms with Gasteiger partial charge in [0, 0.05) is 23.6 Å². The van der Waals surface area contributed by atoms with Crippen LogP contribution in [0.15, 0.2) is 18.2 Å². The van der Waals surface area contributed by atoms with Crippen LogP contribution in [0.3, 0.4) is 0 Å². The van der Waals surface area contributed by atoms with Gasteiger partial charge in [0.25, 0.3) is 0 Å². The SMILES string of the molecule is CC1SCCN(c2cccc(F)c2N)C1C. The predicted molar refractivity (Wildman–Crippen MR) is 69.5 cm³/mol. The molecule has 2 N–H and O–H groups in total. The summed E-state index contributed by atoms with van der Waals surface area (Å²) in [6, 6.07) is 5.42. The van der Waals surface area contributed by atoms with Gasteiger partial charge in [0.2, 0.25) is 0 Å². The molecular weight excluding hydrogens is 223 g/mol. The van der Waals surface area contributed by atoms with Crippen LogP contribution in [-0.4, -0.2) is 23.6 Å². The standard InChI is InChI=1S/C12H17FN2S/c1-8-9(2)16-7-6-15(8)11-5-3-4-10(13)12(11)14/h3-5,8-9H,6-7,14H2,1-2H3. The second kappa shape index (κ2) is 4.53. The molecule has 2 unspecified atom stereocenters. The van der Waals surface area contributed by atoms with Crippen molar-refractivity contribution in [3.63, 3.8) is 0 Å². The summed E-state index contributed by atoms with van der Waals surface area (Å²) >= 11 is 1.96. The molecule has 1 aliphatic rings. The summed E-state index contributed by atoms with van der Waals surface area (Å²) in [5.74, 6) is 0.747. The fraction of sp³-hybridized carbons (Fsp3) is 0.500. The average Bonchev–Trinajstić information content (AvgIpc) is 2.27. The molecule has 1 aromatic carbocycles. The van der Waals surface area contributed by atoms with Crippen LogP contribution in [-0.2, 0) is 0 Å². The molecule has 16 heavy (non-hydrogen) atoms. The van der Waals surface area contributed by atoms with Gasteiger partial charge in [0.1, 0.15) is 5.82 Å². The number of nitrogen functional groups attached to an aromatic ring is 1. The van der Waals surface area contributed by atoms with Gasteiger partial charge < -0.3 is 10.6 Å². The number of thioether (sulfide) groups is 1. The summed E-state index contributed by atoms with van der Waals surface area (Å²) < 4.78 is 13.4. The quantitative estimate of drug-likeness (QED) is 0.765. The van der Waals surface area contributed by atoms with Gasteiger partial charge in [-0.1, -0.05) is 13.0 Å². The zero-order chi connectivity index (χ0) is 11.7. The topological polar surface area (TPSA) is 29.3 Å². The highest BCUT2D eigenvalue weighted by Gasteiger charge is 2.26. The Bertz CT molecular complexity index is 383. The van der Waals surface area contributed by atoms with Crippen LogP contribution in [0, 0.1) is 5.82 Å². The van der Waals surface area contributed by atoms with Crippen LogP contribution in [0.1, 0.15) is 13.8 Å². The van der Waals surface area contributed by atoms with Crippen molar-refractivity contribution in [1.29, 1.82) is 0 Å². The van der Waals surface area contributed by atoms with Gasteiger partial charge in [-0.05, 0) is 19.1 Å². The Morgan fingerprint density at radius 1 is 1.44 bits per heavy atom. The maximum absolute atomic E-state index is 13.4. The number of hydrogen-bond acceptors (Lipinski definition) is 3. The Labute approximate surface area is 100 Å². The van der Waals surface area contributed by atoms with E-state index in [1.807, 2.05) is 17.8 Å². The average molecular weight is 240 g/mol. The normalized spacial score (nSPS) is 25.8. The minimum absolute atomic E-state index is 0.272. The summed E-state index contributed by atoms with van der Waals surface area (Å²) in [4.78, 5) is 2.21. The highest BCUT2D eigenvalue weighted by molar-refractivity contribution is 8.00. The maximum Gasteiger partial charge on any atom is 0.148 e. The van der Waals surface area contributed by atoms with Crippen molar-refractivity contribution in [2.45, 2.75) is 25.1 Å². The lowest BCUT2D eigenvalue weighted by atomic mass is 10.1. The van der Waals surface area contributed by atoms with Gasteiger partial charge >= 0.3 is 0 Å². The Kier molecular flexibility index (Phi) is 3.28. The van der Waals surface area contributed by atoms with E-state index in [-0.39, 0.29) is 11.5 Å². The monoisotopic (exact) mass is 240 g/mol. The lowest BCUT2D eigenvalue weighted by Crippen LogP contribution is -2.45. The number of benzene rings is 1. The van der Waals surface area contributed by atoms with Crippen LogP contribution in [0.25, 0.3) is 0 Å². The van der Waals surface area contributed by atoms with E-state index in [1.54, 1.807) is 6.07 Å². The summed E-state index contributed by atoms with van der Waals surface area (Å²) in [5.41, 5.74) is 6.90. The van der Waals surface area contributed by atoms with Crippen LogP contribution >= 0.6 is 11.8 Å². The summed E-state index contributed by atoms with van der Waals surface area (Å²) in [6.07, 6.45) is 0. The smallest absolute Gasteiger partial charge is 0.148 e. The Hall–Kier alpha value is -0.900. The van der Waals surface area contributed by atoms with Gasteiger partial charge in [-0.3, -0.25) is 0 Å². The summed E-state index contributed by atoms with van der Waals surface area (Å²) in [6.45, 7) is 5.31. The molecule has 0 amide bonds. The highest BCUT2D eigenvalue weighted by Crippen LogP contribution is 2.33. The molecule has 0 bridgehead atoms. The molecule has 4 heteroatoms. The minimum atomic E-state index is -0.324. The van der Waals surface area contributed by atoms with E-state index in [0.29, 0.717) is 11.3 Å². The van der Waals surface area contributed by atoms with Crippen LogP contribution in [0.2, 0.25) is 0 Å². The molecule has 2 nitrogen and oxygen atoms in total. The zero-order valence-corrected chi connectivity index (χ0v) is 10.4. The highest BCUT2D eigenvalue weighted by atomic mass is 32.2. The van der Waals surface area contributed by atoms with E-state index in [4.69, 9.17) is 5.73 Å². The number of anilines is 2. The van der Waals surface area contributed by atoms with E-state index in [1.165, 1.54) is 6.07 Å². The first-order valence-electron chi connectivity index (χ1n) is 5.53. The first-order valence-corrected chi connectivity index (χ1v) is 6.58. The lowest BCUT2D eigenvalue weighted by molar-refractivity contribution is 0.614. The Morgan fingerprint density at radius 2 is 2.19 bits per heavy atom. The number of para-hydroxylation sites is 1. The molecule has 1 fully saturated rings. The molecule has 0 saturated carbocycles.